The van der Waals surface area contributed by atoms with Gasteiger partial charge >= 0.3 is 18.0 Å². The second-order valence-electron chi connectivity index (χ2n) is 10.7. The number of pyridine rings is 1. The Balaban J connectivity index is 1.13. The van der Waals surface area contributed by atoms with Crippen LogP contribution in [0.1, 0.15) is 36.2 Å². The molecule has 4 heterocycles. The van der Waals surface area contributed by atoms with Crippen molar-refractivity contribution in [2.24, 2.45) is 5.92 Å². The molecule has 1 aromatic carbocycles. The van der Waals surface area contributed by atoms with Crippen LogP contribution in [-0.4, -0.2) is 97.9 Å². The standard InChI is InChI=1S/C27H27FN4O9S/c1-12(33)20-23(35)32-21(26(38)39)19(42-24(20)32)11-41-27(40)30-6-4-29(5-7-30)18-9-17-14(8-16(18)28)22(34)15(25(36)37)10-31(17)13-2-3-13/h8-10,12-13,20,24,33H,2-7,11H2,1H3,(H,36,37)(H,38,39). The maximum Gasteiger partial charge on any atom is 0.410 e. The van der Waals surface area contributed by atoms with Crippen molar-refractivity contribution in [3.05, 3.63) is 50.5 Å². The summed E-state index contributed by atoms with van der Waals surface area (Å²) in [6.07, 6.45) is 1.32. The molecule has 42 heavy (non-hydrogen) atoms. The van der Waals surface area contributed by atoms with Crippen LogP contribution >= 0.6 is 11.8 Å². The fraction of sp³-hybridized carbons (Fsp3) is 0.444. The third-order valence-corrected chi connectivity index (χ3v) is 9.39. The topological polar surface area (TPSA) is 170 Å². The summed E-state index contributed by atoms with van der Waals surface area (Å²) in [6.45, 7) is 1.96. The molecule has 3 unspecified atom stereocenters. The number of carboxylic acids is 2. The van der Waals surface area contributed by atoms with Crippen molar-refractivity contribution in [3.8, 4) is 0 Å². The number of benzene rings is 1. The molecule has 222 valence electrons. The number of anilines is 1. The molecule has 1 saturated carbocycles. The largest absolute Gasteiger partial charge is 0.477 e. The Morgan fingerprint density at radius 2 is 1.79 bits per heavy atom. The lowest BCUT2D eigenvalue weighted by Crippen LogP contribution is -2.60. The zero-order valence-electron chi connectivity index (χ0n) is 22.4. The molecule has 0 radical (unpaired) electrons. The fourth-order valence-electron chi connectivity index (χ4n) is 5.71. The van der Waals surface area contributed by atoms with E-state index >= 15 is 4.39 Å². The van der Waals surface area contributed by atoms with Gasteiger partial charge in [-0.15, -0.1) is 0 Å². The van der Waals surface area contributed by atoms with Crippen LogP contribution in [0.3, 0.4) is 0 Å². The first-order valence-electron chi connectivity index (χ1n) is 13.4. The van der Waals surface area contributed by atoms with E-state index in [4.69, 9.17) is 4.74 Å². The molecule has 1 aliphatic carbocycles. The molecule has 3 aliphatic heterocycles. The summed E-state index contributed by atoms with van der Waals surface area (Å²) in [4.78, 5) is 65.8. The van der Waals surface area contributed by atoms with Gasteiger partial charge in [0.05, 0.1) is 28.1 Å². The van der Waals surface area contributed by atoms with E-state index in [1.165, 1.54) is 18.0 Å². The van der Waals surface area contributed by atoms with Crippen molar-refractivity contribution >= 4 is 52.3 Å². The molecule has 0 bridgehead atoms. The first-order valence-corrected chi connectivity index (χ1v) is 14.3. The van der Waals surface area contributed by atoms with Crippen LogP contribution in [0.5, 0.6) is 0 Å². The number of hydrogen-bond donors (Lipinski definition) is 3. The number of halogens is 1. The number of hydrogen-bond acceptors (Lipinski definition) is 9. The number of aliphatic hydroxyl groups is 1. The lowest BCUT2D eigenvalue weighted by atomic mass is 9.92. The van der Waals surface area contributed by atoms with Gasteiger partial charge in [0.1, 0.15) is 29.1 Å². The molecule has 3 N–H and O–H groups in total. The number of aliphatic hydroxyl groups excluding tert-OH is 1. The van der Waals surface area contributed by atoms with Crippen molar-refractivity contribution in [2.45, 2.75) is 37.3 Å². The Bertz CT molecular complexity index is 1630. The number of thioether (sulfide) groups is 1. The highest BCUT2D eigenvalue weighted by Crippen LogP contribution is 2.50. The molecule has 1 aromatic heterocycles. The van der Waals surface area contributed by atoms with Crippen LogP contribution < -0.4 is 10.3 Å². The van der Waals surface area contributed by atoms with Crippen molar-refractivity contribution in [1.29, 1.82) is 0 Å². The highest BCUT2D eigenvalue weighted by molar-refractivity contribution is 8.04. The van der Waals surface area contributed by atoms with Crippen LogP contribution in [0.15, 0.2) is 33.7 Å². The van der Waals surface area contributed by atoms with E-state index < -0.39 is 58.1 Å². The Hall–Kier alpha value is -4.11. The van der Waals surface area contributed by atoms with Crippen LogP contribution in [0.25, 0.3) is 10.9 Å². The smallest absolute Gasteiger partial charge is 0.410 e. The van der Waals surface area contributed by atoms with E-state index in [2.05, 4.69) is 0 Å². The van der Waals surface area contributed by atoms with Gasteiger partial charge in [0.15, 0.2) is 0 Å². The number of amides is 2. The van der Waals surface area contributed by atoms with E-state index in [1.54, 1.807) is 15.5 Å². The van der Waals surface area contributed by atoms with Gasteiger partial charge < -0.3 is 34.4 Å². The second-order valence-corrected chi connectivity index (χ2v) is 11.9. The number of aromatic nitrogens is 1. The van der Waals surface area contributed by atoms with Crippen LogP contribution in [0, 0.1) is 11.7 Å². The highest BCUT2D eigenvalue weighted by atomic mass is 32.2. The molecule has 0 spiro atoms. The minimum absolute atomic E-state index is 0.00342. The molecular formula is C27H27FN4O9S. The number of fused-ring (bicyclic) bond motifs is 2. The van der Waals surface area contributed by atoms with Gasteiger partial charge in [0, 0.05) is 43.8 Å². The number of rotatable bonds is 7. The predicted octanol–water partition coefficient (Wildman–Crippen LogP) is 1.64. The van der Waals surface area contributed by atoms with Crippen molar-refractivity contribution < 1.29 is 43.6 Å². The predicted molar refractivity (Wildman–Crippen MR) is 147 cm³/mol. The van der Waals surface area contributed by atoms with Crippen LogP contribution in [0.4, 0.5) is 14.9 Å². The zero-order chi connectivity index (χ0) is 30.0. The van der Waals surface area contributed by atoms with Gasteiger partial charge in [0.25, 0.3) is 0 Å². The lowest BCUT2D eigenvalue weighted by Gasteiger charge is -2.43. The van der Waals surface area contributed by atoms with Crippen molar-refractivity contribution in [2.75, 3.05) is 37.7 Å². The van der Waals surface area contributed by atoms with E-state index in [9.17, 15) is 39.3 Å². The van der Waals surface area contributed by atoms with E-state index in [0.29, 0.717) is 5.52 Å². The van der Waals surface area contributed by atoms with E-state index in [-0.39, 0.29) is 60.5 Å². The quantitative estimate of drug-likeness (QED) is 0.394. The molecule has 2 saturated heterocycles. The van der Waals surface area contributed by atoms with Crippen molar-refractivity contribution in [3.63, 3.8) is 0 Å². The average Bonchev–Trinajstić information content (AvgIpc) is 3.73. The Morgan fingerprint density at radius 3 is 2.38 bits per heavy atom. The number of β-lactam (4-membered cyclic amide) rings is 1. The number of ether oxygens (including phenoxy) is 1. The normalized spacial score (nSPS) is 22.7. The molecule has 13 nitrogen and oxygen atoms in total. The molecule has 2 aromatic rings. The fourth-order valence-corrected chi connectivity index (χ4v) is 7.23. The van der Waals surface area contributed by atoms with Crippen LogP contribution in [-0.2, 0) is 14.3 Å². The van der Waals surface area contributed by atoms with Crippen molar-refractivity contribution in [1.82, 2.24) is 14.4 Å². The van der Waals surface area contributed by atoms with E-state index in [0.717, 1.165) is 35.6 Å². The Labute approximate surface area is 241 Å². The molecule has 3 fully saturated rings. The van der Waals surface area contributed by atoms with Gasteiger partial charge in [-0.05, 0) is 31.9 Å². The molecule has 3 atom stereocenters. The third-order valence-electron chi connectivity index (χ3n) is 8.05. The number of carboxylic acid groups (broad SMARTS) is 2. The summed E-state index contributed by atoms with van der Waals surface area (Å²) in [6, 6.07) is 2.66. The summed E-state index contributed by atoms with van der Waals surface area (Å²) < 4.78 is 22.4. The monoisotopic (exact) mass is 602 g/mol. The maximum absolute atomic E-state index is 15.2. The minimum Gasteiger partial charge on any atom is -0.477 e. The van der Waals surface area contributed by atoms with Crippen LogP contribution in [0.2, 0.25) is 0 Å². The molecule has 6 rings (SSSR count). The lowest BCUT2D eigenvalue weighted by molar-refractivity contribution is -0.156. The molecular weight excluding hydrogens is 575 g/mol. The first-order chi connectivity index (χ1) is 20.0. The Kier molecular flexibility index (Phi) is 6.88. The summed E-state index contributed by atoms with van der Waals surface area (Å²) in [5, 5.41) is 28.4. The molecule has 4 aliphatic rings. The number of carbonyl (C=O) groups is 4. The zero-order valence-corrected chi connectivity index (χ0v) is 23.2. The Morgan fingerprint density at radius 1 is 1.10 bits per heavy atom. The first kappa shape index (κ1) is 28.0. The number of piperazine rings is 1. The maximum atomic E-state index is 15.2. The minimum atomic E-state index is -1.37. The number of aliphatic carboxylic acids is 1. The summed E-state index contributed by atoms with van der Waals surface area (Å²) in [5.74, 6) is -4.60. The summed E-state index contributed by atoms with van der Waals surface area (Å²) >= 11 is 1.08. The van der Waals surface area contributed by atoms with Gasteiger partial charge in [-0.1, -0.05) is 11.8 Å². The summed E-state index contributed by atoms with van der Waals surface area (Å²) in [7, 11) is 0. The van der Waals surface area contributed by atoms with Gasteiger partial charge in [0.2, 0.25) is 11.3 Å². The highest BCUT2D eigenvalue weighted by Gasteiger charge is 2.57. The van der Waals surface area contributed by atoms with Gasteiger partial charge in [-0.2, -0.15) is 0 Å². The SMILES string of the molecule is CC(O)C1C(=O)N2C(C(=O)O)=C(COC(=O)N3CCN(c4cc5c(cc4F)c(=O)c(C(=O)O)cn5C4CC4)CC3)SC12. The van der Waals surface area contributed by atoms with Gasteiger partial charge in [-0.25, -0.2) is 18.8 Å². The molecule has 2 amide bonds. The summed E-state index contributed by atoms with van der Waals surface area (Å²) in [5.41, 5.74) is -0.729. The third kappa shape index (κ3) is 4.56. The number of nitrogens with zero attached hydrogens (tertiary/aromatic N) is 4. The molecule has 15 heteroatoms. The van der Waals surface area contributed by atoms with E-state index in [1.807, 2.05) is 0 Å². The number of aromatic carboxylic acids is 1. The second kappa shape index (κ2) is 10.3. The average molecular weight is 603 g/mol. The van der Waals surface area contributed by atoms with Gasteiger partial charge in [-0.3, -0.25) is 14.5 Å². The number of carbonyl (C=O) groups excluding carboxylic acids is 2.